The van der Waals surface area contributed by atoms with E-state index < -0.39 is 10.0 Å². The van der Waals surface area contributed by atoms with E-state index in [4.69, 9.17) is 5.84 Å². The molecule has 0 bridgehead atoms. The number of nitrogens with one attached hydrogen (secondary N) is 3. The third-order valence-corrected chi connectivity index (χ3v) is 4.15. The molecule has 9 nitrogen and oxygen atoms in total. The molecule has 10 heteroatoms. The molecular formula is C10H16N6O3S. The highest BCUT2D eigenvalue weighted by molar-refractivity contribution is 7.89. The number of amides is 1. The molecule has 0 spiro atoms. The number of rotatable bonds is 7. The molecule has 0 aromatic carbocycles. The van der Waals surface area contributed by atoms with E-state index in [-0.39, 0.29) is 35.8 Å². The zero-order valence-corrected chi connectivity index (χ0v) is 11.5. The molecule has 20 heavy (non-hydrogen) atoms. The molecule has 2 rings (SSSR count). The highest BCUT2D eigenvalue weighted by Gasteiger charge is 2.29. The van der Waals surface area contributed by atoms with Crippen LogP contribution >= 0.6 is 0 Å². The Morgan fingerprint density at radius 3 is 2.50 bits per heavy atom. The fourth-order valence-corrected chi connectivity index (χ4v) is 2.39. The van der Waals surface area contributed by atoms with Crippen molar-refractivity contribution in [3.05, 3.63) is 12.4 Å². The largest absolute Gasteiger partial charge is 0.355 e. The molecule has 1 heterocycles. The van der Waals surface area contributed by atoms with Crippen molar-refractivity contribution in [3.8, 4) is 0 Å². The molecule has 5 N–H and O–H groups in total. The SMILES string of the molecule is NNc1ncc(S(=O)(=O)NCCNC(=O)C2CC2)cn1. The summed E-state index contributed by atoms with van der Waals surface area (Å²) in [4.78, 5) is 18.7. The van der Waals surface area contributed by atoms with E-state index in [9.17, 15) is 13.2 Å². The Morgan fingerprint density at radius 1 is 1.30 bits per heavy atom. The van der Waals surface area contributed by atoms with Crippen molar-refractivity contribution >= 4 is 21.9 Å². The second kappa shape index (κ2) is 6.11. The molecule has 1 aromatic rings. The standard InChI is InChI=1S/C10H16N6O3S/c11-16-10-13-5-8(6-14-10)20(18,19)15-4-3-12-9(17)7-1-2-7/h5-7,15H,1-4,11H2,(H,12,17)(H,13,14,16). The third-order valence-electron chi connectivity index (χ3n) is 2.73. The van der Waals surface area contributed by atoms with Gasteiger partial charge >= 0.3 is 0 Å². The van der Waals surface area contributed by atoms with Crippen LogP contribution in [0, 0.1) is 5.92 Å². The van der Waals surface area contributed by atoms with Crippen LogP contribution in [-0.4, -0.2) is 37.4 Å². The van der Waals surface area contributed by atoms with Gasteiger partial charge in [-0.05, 0) is 12.8 Å². The van der Waals surface area contributed by atoms with Crippen LogP contribution in [0.1, 0.15) is 12.8 Å². The first-order valence-corrected chi connectivity index (χ1v) is 7.57. The van der Waals surface area contributed by atoms with Gasteiger partial charge in [0.15, 0.2) is 0 Å². The molecule has 0 aliphatic heterocycles. The Morgan fingerprint density at radius 2 is 1.95 bits per heavy atom. The summed E-state index contributed by atoms with van der Waals surface area (Å²) >= 11 is 0. The number of hydrogen-bond donors (Lipinski definition) is 4. The minimum absolute atomic E-state index is 0.0223. The van der Waals surface area contributed by atoms with Gasteiger partial charge in [-0.2, -0.15) is 0 Å². The fraction of sp³-hybridized carbons (Fsp3) is 0.500. The fourth-order valence-electron chi connectivity index (χ4n) is 1.47. The summed E-state index contributed by atoms with van der Waals surface area (Å²) in [7, 11) is -3.68. The van der Waals surface area contributed by atoms with Gasteiger partial charge in [-0.3, -0.25) is 10.2 Å². The van der Waals surface area contributed by atoms with E-state index in [1.54, 1.807) is 0 Å². The van der Waals surface area contributed by atoms with Crippen molar-refractivity contribution in [3.63, 3.8) is 0 Å². The maximum Gasteiger partial charge on any atom is 0.243 e. The lowest BCUT2D eigenvalue weighted by molar-refractivity contribution is -0.122. The number of carbonyl (C=O) groups is 1. The van der Waals surface area contributed by atoms with Crippen LogP contribution < -0.4 is 21.3 Å². The van der Waals surface area contributed by atoms with E-state index >= 15 is 0 Å². The molecule has 0 atom stereocenters. The predicted molar refractivity (Wildman–Crippen MR) is 70.8 cm³/mol. The average Bonchev–Trinajstić information content (AvgIpc) is 3.28. The van der Waals surface area contributed by atoms with Gasteiger partial charge in [0.2, 0.25) is 21.9 Å². The number of aromatic nitrogens is 2. The first-order valence-electron chi connectivity index (χ1n) is 6.09. The topological polar surface area (TPSA) is 139 Å². The van der Waals surface area contributed by atoms with Crippen LogP contribution in [0.5, 0.6) is 0 Å². The van der Waals surface area contributed by atoms with Crippen LogP contribution in [-0.2, 0) is 14.8 Å². The van der Waals surface area contributed by atoms with E-state index in [1.165, 1.54) is 0 Å². The van der Waals surface area contributed by atoms with Gasteiger partial charge in [-0.25, -0.2) is 29.0 Å². The minimum Gasteiger partial charge on any atom is -0.355 e. The van der Waals surface area contributed by atoms with Crippen LogP contribution in [0.3, 0.4) is 0 Å². The Bertz CT molecular complexity index is 569. The number of hydrogen-bond acceptors (Lipinski definition) is 7. The molecule has 1 saturated carbocycles. The summed E-state index contributed by atoms with van der Waals surface area (Å²) in [6.45, 7) is 0.357. The van der Waals surface area contributed by atoms with Gasteiger partial charge < -0.3 is 5.32 Å². The van der Waals surface area contributed by atoms with Gasteiger partial charge in [0, 0.05) is 19.0 Å². The minimum atomic E-state index is -3.68. The van der Waals surface area contributed by atoms with Gasteiger partial charge in [-0.15, -0.1) is 0 Å². The van der Waals surface area contributed by atoms with Crippen molar-refractivity contribution < 1.29 is 13.2 Å². The summed E-state index contributed by atoms with van der Waals surface area (Å²) in [5, 5.41) is 2.66. The van der Waals surface area contributed by atoms with E-state index in [0.717, 1.165) is 25.2 Å². The van der Waals surface area contributed by atoms with E-state index in [2.05, 4.69) is 25.4 Å². The number of nitrogen functional groups attached to an aromatic ring is 1. The summed E-state index contributed by atoms with van der Waals surface area (Å²) in [6.07, 6.45) is 4.12. The summed E-state index contributed by atoms with van der Waals surface area (Å²) in [5.74, 6) is 5.30. The number of carbonyl (C=O) groups excluding carboxylic acids is 1. The lowest BCUT2D eigenvalue weighted by Crippen LogP contribution is -2.35. The summed E-state index contributed by atoms with van der Waals surface area (Å²) in [5.41, 5.74) is 2.20. The first kappa shape index (κ1) is 14.6. The van der Waals surface area contributed by atoms with Gasteiger partial charge in [-0.1, -0.05) is 0 Å². The molecule has 0 unspecified atom stereocenters. The Balaban J connectivity index is 1.81. The Labute approximate surface area is 116 Å². The number of nitrogens with two attached hydrogens (primary N) is 1. The van der Waals surface area contributed by atoms with Crippen LogP contribution in [0.15, 0.2) is 17.3 Å². The average molecular weight is 300 g/mol. The number of nitrogens with zero attached hydrogens (tertiary/aromatic N) is 2. The molecule has 110 valence electrons. The van der Waals surface area contributed by atoms with Crippen LogP contribution in [0.4, 0.5) is 5.95 Å². The van der Waals surface area contributed by atoms with Gasteiger partial charge in [0.1, 0.15) is 4.90 Å². The molecule has 1 amide bonds. The highest BCUT2D eigenvalue weighted by Crippen LogP contribution is 2.28. The number of sulfonamides is 1. The summed E-state index contributed by atoms with van der Waals surface area (Å²) < 4.78 is 26.1. The van der Waals surface area contributed by atoms with Crippen molar-refractivity contribution in [2.24, 2.45) is 11.8 Å². The maximum atomic E-state index is 11.9. The number of anilines is 1. The molecule has 1 aromatic heterocycles. The van der Waals surface area contributed by atoms with E-state index in [1.807, 2.05) is 0 Å². The van der Waals surface area contributed by atoms with Crippen molar-refractivity contribution in [1.82, 2.24) is 20.0 Å². The first-order chi connectivity index (χ1) is 9.53. The van der Waals surface area contributed by atoms with Crippen molar-refractivity contribution in [1.29, 1.82) is 0 Å². The number of hydrazine groups is 1. The lowest BCUT2D eigenvalue weighted by atomic mass is 10.4. The van der Waals surface area contributed by atoms with E-state index in [0.29, 0.717) is 0 Å². The second-order valence-electron chi connectivity index (χ2n) is 4.35. The van der Waals surface area contributed by atoms with Crippen LogP contribution in [0.2, 0.25) is 0 Å². The molecular weight excluding hydrogens is 284 g/mol. The molecule has 1 aliphatic carbocycles. The lowest BCUT2D eigenvalue weighted by Gasteiger charge is -2.07. The quantitative estimate of drug-likeness (QED) is 0.275. The maximum absolute atomic E-state index is 11.9. The monoisotopic (exact) mass is 300 g/mol. The second-order valence-corrected chi connectivity index (χ2v) is 6.12. The van der Waals surface area contributed by atoms with Gasteiger partial charge in [0.05, 0.1) is 12.4 Å². The third kappa shape index (κ3) is 3.85. The summed E-state index contributed by atoms with van der Waals surface area (Å²) in [6, 6.07) is 0. The predicted octanol–water partition coefficient (Wildman–Crippen LogP) is -1.43. The molecule has 0 saturated heterocycles. The van der Waals surface area contributed by atoms with Gasteiger partial charge in [0.25, 0.3) is 0 Å². The van der Waals surface area contributed by atoms with Crippen molar-refractivity contribution in [2.75, 3.05) is 18.5 Å². The normalized spacial score (nSPS) is 14.8. The Kier molecular flexibility index (Phi) is 4.47. The molecule has 0 radical (unpaired) electrons. The highest BCUT2D eigenvalue weighted by atomic mass is 32.2. The van der Waals surface area contributed by atoms with Crippen molar-refractivity contribution in [2.45, 2.75) is 17.7 Å². The molecule has 1 fully saturated rings. The Hall–Kier alpha value is -1.78. The molecule has 1 aliphatic rings. The zero-order valence-electron chi connectivity index (χ0n) is 10.7. The zero-order chi connectivity index (χ0) is 14.6. The smallest absolute Gasteiger partial charge is 0.243 e. The van der Waals surface area contributed by atoms with Crippen LogP contribution in [0.25, 0.3) is 0 Å².